The number of anilines is 1. The van der Waals surface area contributed by atoms with E-state index in [9.17, 15) is 9.59 Å². The number of urea groups is 1. The van der Waals surface area contributed by atoms with Crippen LogP contribution >= 0.6 is 11.6 Å². The zero-order valence-corrected chi connectivity index (χ0v) is 12.1. The van der Waals surface area contributed by atoms with Gasteiger partial charge in [0, 0.05) is 7.05 Å². The number of amides is 2. The molecule has 5 nitrogen and oxygen atoms in total. The third-order valence-corrected chi connectivity index (χ3v) is 3.35. The first-order valence-electron chi connectivity index (χ1n) is 5.70. The number of halogens is 1. The Labute approximate surface area is 117 Å². The van der Waals surface area contributed by atoms with Crippen LogP contribution in [-0.4, -0.2) is 34.6 Å². The van der Waals surface area contributed by atoms with Gasteiger partial charge in [-0.25, -0.2) is 9.59 Å². The average molecular weight is 285 g/mol. The number of hydrogen-bond donors (Lipinski definition) is 2. The fourth-order valence-corrected chi connectivity index (χ4v) is 1.60. The van der Waals surface area contributed by atoms with Crippen LogP contribution in [0.25, 0.3) is 0 Å². The molecule has 0 radical (unpaired) electrons. The topological polar surface area (TPSA) is 69.6 Å². The Kier molecular flexibility index (Phi) is 4.42. The predicted octanol–water partition coefficient (Wildman–Crippen LogP) is 2.98. The van der Waals surface area contributed by atoms with Crippen LogP contribution in [0.3, 0.4) is 0 Å². The second-order valence-corrected chi connectivity index (χ2v) is 5.24. The van der Waals surface area contributed by atoms with E-state index in [1.165, 1.54) is 20.9 Å². The highest BCUT2D eigenvalue weighted by atomic mass is 35.5. The summed E-state index contributed by atoms with van der Waals surface area (Å²) >= 11 is 6.01. The van der Waals surface area contributed by atoms with Crippen LogP contribution in [0, 0.1) is 6.92 Å². The van der Waals surface area contributed by atoms with E-state index in [0.29, 0.717) is 10.7 Å². The van der Waals surface area contributed by atoms with E-state index in [0.717, 1.165) is 10.5 Å². The van der Waals surface area contributed by atoms with Gasteiger partial charge in [-0.1, -0.05) is 17.7 Å². The Morgan fingerprint density at radius 1 is 1.37 bits per heavy atom. The van der Waals surface area contributed by atoms with Gasteiger partial charge in [-0.2, -0.15) is 0 Å². The minimum atomic E-state index is -1.30. The van der Waals surface area contributed by atoms with Gasteiger partial charge >= 0.3 is 12.0 Å². The van der Waals surface area contributed by atoms with Gasteiger partial charge in [-0.15, -0.1) is 0 Å². The Bertz CT molecular complexity index is 515. The second kappa shape index (κ2) is 5.48. The summed E-state index contributed by atoms with van der Waals surface area (Å²) in [6.07, 6.45) is 0. The summed E-state index contributed by atoms with van der Waals surface area (Å²) in [5.74, 6) is -1.08. The molecule has 0 fully saturated rings. The molecule has 0 saturated carbocycles. The normalized spacial score (nSPS) is 11.0. The molecule has 0 aliphatic heterocycles. The van der Waals surface area contributed by atoms with Gasteiger partial charge in [0.15, 0.2) is 0 Å². The molecular weight excluding hydrogens is 268 g/mol. The fourth-order valence-electron chi connectivity index (χ4n) is 1.32. The van der Waals surface area contributed by atoms with Crippen molar-refractivity contribution in [1.29, 1.82) is 0 Å². The quantitative estimate of drug-likeness (QED) is 0.896. The minimum absolute atomic E-state index is 0.412. The largest absolute Gasteiger partial charge is 0.480 e. The van der Waals surface area contributed by atoms with Gasteiger partial charge in [0.05, 0.1) is 10.7 Å². The molecule has 0 saturated heterocycles. The summed E-state index contributed by atoms with van der Waals surface area (Å²) in [5.41, 5.74) is 0.119. The van der Waals surface area contributed by atoms with Crippen LogP contribution in [0.2, 0.25) is 5.02 Å². The number of carbonyl (C=O) groups excluding carboxylic acids is 1. The molecule has 19 heavy (non-hydrogen) atoms. The summed E-state index contributed by atoms with van der Waals surface area (Å²) in [4.78, 5) is 24.2. The van der Waals surface area contributed by atoms with Crippen molar-refractivity contribution in [2.24, 2.45) is 0 Å². The van der Waals surface area contributed by atoms with Crippen LogP contribution < -0.4 is 5.32 Å². The molecule has 6 heteroatoms. The van der Waals surface area contributed by atoms with Crippen LogP contribution in [-0.2, 0) is 4.79 Å². The Morgan fingerprint density at radius 2 is 1.95 bits per heavy atom. The SMILES string of the molecule is Cc1ccc(NC(=O)N(C)C(C)(C)C(=O)O)c(Cl)c1. The smallest absolute Gasteiger partial charge is 0.329 e. The predicted molar refractivity (Wildman–Crippen MR) is 74.7 cm³/mol. The lowest BCUT2D eigenvalue weighted by Gasteiger charge is -2.31. The van der Waals surface area contributed by atoms with E-state index in [1.54, 1.807) is 12.1 Å². The number of nitrogens with zero attached hydrogens (tertiary/aromatic N) is 1. The monoisotopic (exact) mass is 284 g/mol. The van der Waals surface area contributed by atoms with E-state index >= 15 is 0 Å². The standard InChI is InChI=1S/C13H17ClN2O3/c1-8-5-6-10(9(14)7-8)15-12(19)16(4)13(2,3)11(17)18/h5-7H,1-4H3,(H,15,19)(H,17,18). The van der Waals surface area contributed by atoms with Crippen molar-refractivity contribution >= 4 is 29.3 Å². The summed E-state index contributed by atoms with van der Waals surface area (Å²) in [6, 6.07) is 4.68. The zero-order chi connectivity index (χ0) is 14.8. The van der Waals surface area contributed by atoms with Crippen molar-refractivity contribution in [3.05, 3.63) is 28.8 Å². The van der Waals surface area contributed by atoms with Gasteiger partial charge in [0.25, 0.3) is 0 Å². The summed E-state index contributed by atoms with van der Waals surface area (Å²) in [6.45, 7) is 4.79. The van der Waals surface area contributed by atoms with Crippen molar-refractivity contribution in [3.63, 3.8) is 0 Å². The second-order valence-electron chi connectivity index (χ2n) is 4.84. The Hall–Kier alpha value is -1.75. The molecule has 0 aromatic heterocycles. The number of nitrogens with one attached hydrogen (secondary N) is 1. The van der Waals surface area contributed by atoms with Gasteiger partial charge in [-0.3, -0.25) is 0 Å². The number of rotatable bonds is 3. The van der Waals surface area contributed by atoms with Crippen molar-refractivity contribution in [1.82, 2.24) is 4.90 Å². The maximum atomic E-state index is 12.0. The van der Waals surface area contributed by atoms with Gasteiger partial charge < -0.3 is 15.3 Å². The highest BCUT2D eigenvalue weighted by Crippen LogP contribution is 2.24. The number of carbonyl (C=O) groups is 2. The van der Waals surface area contributed by atoms with E-state index in [-0.39, 0.29) is 0 Å². The third-order valence-electron chi connectivity index (χ3n) is 3.03. The Balaban J connectivity index is 2.88. The molecule has 1 aromatic rings. The van der Waals surface area contributed by atoms with Crippen LogP contribution in [0.5, 0.6) is 0 Å². The molecular formula is C13H17ClN2O3. The van der Waals surface area contributed by atoms with Crippen molar-refractivity contribution in [2.75, 3.05) is 12.4 Å². The van der Waals surface area contributed by atoms with Crippen LogP contribution in [0.1, 0.15) is 19.4 Å². The lowest BCUT2D eigenvalue weighted by molar-refractivity contribution is -0.146. The number of likely N-dealkylation sites (N-methyl/N-ethyl adjacent to an activating group) is 1. The molecule has 0 unspecified atom stereocenters. The summed E-state index contributed by atoms with van der Waals surface area (Å²) in [5, 5.41) is 12.1. The van der Waals surface area contributed by atoms with E-state index in [4.69, 9.17) is 16.7 Å². The highest BCUT2D eigenvalue weighted by molar-refractivity contribution is 6.33. The highest BCUT2D eigenvalue weighted by Gasteiger charge is 2.35. The first-order chi connectivity index (χ1) is 8.66. The minimum Gasteiger partial charge on any atom is -0.480 e. The molecule has 0 spiro atoms. The maximum Gasteiger partial charge on any atom is 0.329 e. The average Bonchev–Trinajstić information content (AvgIpc) is 2.31. The van der Waals surface area contributed by atoms with Gasteiger partial charge in [0.1, 0.15) is 5.54 Å². The summed E-state index contributed by atoms with van der Waals surface area (Å²) in [7, 11) is 1.42. The molecule has 1 aromatic carbocycles. The van der Waals surface area contributed by atoms with Gasteiger partial charge in [-0.05, 0) is 38.5 Å². The maximum absolute atomic E-state index is 12.0. The van der Waals surface area contributed by atoms with Crippen molar-refractivity contribution < 1.29 is 14.7 Å². The van der Waals surface area contributed by atoms with E-state index in [1.807, 2.05) is 13.0 Å². The number of carboxylic acids is 1. The molecule has 0 aliphatic rings. The molecule has 1 rings (SSSR count). The zero-order valence-electron chi connectivity index (χ0n) is 11.3. The molecule has 0 bridgehead atoms. The molecule has 0 heterocycles. The first kappa shape index (κ1) is 15.3. The fraction of sp³-hybridized carbons (Fsp3) is 0.385. The number of benzene rings is 1. The van der Waals surface area contributed by atoms with E-state index < -0.39 is 17.5 Å². The molecule has 2 N–H and O–H groups in total. The van der Waals surface area contributed by atoms with Crippen molar-refractivity contribution in [3.8, 4) is 0 Å². The lowest BCUT2D eigenvalue weighted by atomic mass is 10.1. The molecule has 104 valence electrons. The number of hydrogen-bond acceptors (Lipinski definition) is 2. The van der Waals surface area contributed by atoms with Crippen LogP contribution in [0.15, 0.2) is 18.2 Å². The van der Waals surface area contributed by atoms with Crippen LogP contribution in [0.4, 0.5) is 10.5 Å². The third kappa shape index (κ3) is 3.38. The number of carboxylic acid groups (broad SMARTS) is 1. The summed E-state index contributed by atoms with van der Waals surface area (Å²) < 4.78 is 0. The Morgan fingerprint density at radius 3 is 2.42 bits per heavy atom. The molecule has 0 aliphatic carbocycles. The number of aryl methyl sites for hydroxylation is 1. The first-order valence-corrected chi connectivity index (χ1v) is 6.08. The number of aliphatic carboxylic acids is 1. The van der Waals surface area contributed by atoms with Gasteiger partial charge in [0.2, 0.25) is 0 Å². The molecule has 0 atom stereocenters. The lowest BCUT2D eigenvalue weighted by Crippen LogP contribution is -2.52. The van der Waals surface area contributed by atoms with Crippen molar-refractivity contribution in [2.45, 2.75) is 26.3 Å². The molecule has 2 amide bonds. The van der Waals surface area contributed by atoms with E-state index in [2.05, 4.69) is 5.32 Å².